The van der Waals surface area contributed by atoms with Crippen LogP contribution in [0.2, 0.25) is 0 Å². The molecule has 0 spiro atoms. The third-order valence-corrected chi connectivity index (χ3v) is 16.5. The molecule has 6 aromatic rings. The van der Waals surface area contributed by atoms with Gasteiger partial charge in [0.15, 0.2) is 11.5 Å². The maximum atomic E-state index is 13.8. The smallest absolute Gasteiger partial charge is 0.379 e. The van der Waals surface area contributed by atoms with Gasteiger partial charge in [-0.25, -0.2) is 13.3 Å². The number of aromatic nitrogens is 2. The quantitative estimate of drug-likeness (QED) is 0.0211. The molecule has 2 N–H and O–H groups in total. The summed E-state index contributed by atoms with van der Waals surface area (Å²) < 4.78 is 104. The summed E-state index contributed by atoms with van der Waals surface area (Å²) in [5.74, 6) is -1.63. The van der Waals surface area contributed by atoms with Crippen LogP contribution in [0.4, 0.5) is 18.9 Å². The van der Waals surface area contributed by atoms with Crippen LogP contribution in [0.15, 0.2) is 138 Å². The van der Waals surface area contributed by atoms with Crippen molar-refractivity contribution in [1.29, 1.82) is 5.26 Å². The Morgan fingerprint density at radius 2 is 1.04 bits per heavy atom. The molecule has 2 aromatic heterocycles. The molecule has 0 bridgehead atoms. The van der Waals surface area contributed by atoms with Crippen molar-refractivity contribution in [2.45, 2.75) is 85.1 Å². The van der Waals surface area contributed by atoms with Crippen LogP contribution in [-0.4, -0.2) is 133 Å². The monoisotopic (exact) mass is 1270 g/mol. The van der Waals surface area contributed by atoms with E-state index in [0.29, 0.717) is 40.6 Å². The molecule has 0 aliphatic heterocycles. The number of carbonyl (C=O) groups excluding carboxylic acids is 4. The minimum absolute atomic E-state index is 0.0370. The number of amides is 2. The van der Waals surface area contributed by atoms with Crippen molar-refractivity contribution in [1.82, 2.24) is 19.8 Å². The fourth-order valence-electron chi connectivity index (χ4n) is 8.85. The minimum Gasteiger partial charge on any atom is -0.379 e. The van der Waals surface area contributed by atoms with Gasteiger partial charge in [-0.3, -0.25) is 37.9 Å². The third kappa shape index (κ3) is 21.3. The molecule has 2 atom stereocenters. The fraction of sp³-hybridized carbons (Fsp3) is 0.375. The summed E-state index contributed by atoms with van der Waals surface area (Å²) in [5.41, 5.74) is -0.564. The van der Waals surface area contributed by atoms with Crippen LogP contribution < -0.4 is 21.8 Å². The highest BCUT2D eigenvalue weighted by Gasteiger charge is 2.31. The Balaban J connectivity index is 0.760. The van der Waals surface area contributed by atoms with Gasteiger partial charge in [0.2, 0.25) is 5.91 Å². The molecule has 2 heterocycles. The van der Waals surface area contributed by atoms with E-state index in [9.17, 15) is 55.6 Å². The zero-order chi connectivity index (χ0) is 64.3. The van der Waals surface area contributed by atoms with Gasteiger partial charge >= 0.3 is 6.18 Å². The molecule has 2 amide bonds. The van der Waals surface area contributed by atoms with E-state index < -0.39 is 56.1 Å². The van der Waals surface area contributed by atoms with E-state index in [0.717, 1.165) is 28.3 Å². The van der Waals surface area contributed by atoms with E-state index in [-0.39, 0.29) is 167 Å². The van der Waals surface area contributed by atoms with Gasteiger partial charge in [-0.05, 0) is 106 Å². The Bertz CT molecular complexity index is 3670. The van der Waals surface area contributed by atoms with Crippen LogP contribution in [0.25, 0.3) is 16.2 Å². The van der Waals surface area contributed by atoms with E-state index in [1.807, 2.05) is 19.1 Å². The number of ketones is 2. The van der Waals surface area contributed by atoms with E-state index in [4.69, 9.17) is 35.0 Å². The first-order valence-electron chi connectivity index (χ1n) is 28.5. The van der Waals surface area contributed by atoms with Crippen molar-refractivity contribution in [3.63, 3.8) is 0 Å². The number of hydrogen-bond donors (Lipinski definition) is 2. The number of Topliss-reactive ketones (excluding diaryl/α,β-unsaturated/α-hetero) is 2. The zero-order valence-corrected chi connectivity index (χ0v) is 51.1. The highest BCUT2D eigenvalue weighted by atomic mass is 32.2. The number of benzene rings is 4. The number of alkyl halides is 3. The van der Waals surface area contributed by atoms with Crippen molar-refractivity contribution in [2.24, 2.45) is 0 Å². The number of rotatable bonds is 37. The number of ether oxygens (including phenoxy) is 6. The summed E-state index contributed by atoms with van der Waals surface area (Å²) in [6, 6.07) is 27.9. The van der Waals surface area contributed by atoms with Crippen molar-refractivity contribution < 1.29 is 69.2 Å². The largest absolute Gasteiger partial charge is 0.416 e. The second-order valence-corrected chi connectivity index (χ2v) is 22.8. The average Bonchev–Trinajstić information content (AvgIpc) is 2.26. The molecule has 6 rings (SSSR count). The molecule has 0 aliphatic carbocycles. The van der Waals surface area contributed by atoms with Gasteiger partial charge in [0.1, 0.15) is 11.3 Å². The fourth-order valence-corrected chi connectivity index (χ4v) is 11.3. The Morgan fingerprint density at radius 1 is 0.573 bits per heavy atom. The molecule has 0 saturated heterocycles. The lowest BCUT2D eigenvalue weighted by atomic mass is 10.1. The van der Waals surface area contributed by atoms with Gasteiger partial charge < -0.3 is 39.1 Å². The Kier molecular flexibility index (Phi) is 28.1. The zero-order valence-electron chi connectivity index (χ0n) is 49.5. The molecule has 89 heavy (non-hydrogen) atoms. The highest BCUT2D eigenvalue weighted by molar-refractivity contribution is 7.85. The molecule has 0 fully saturated rings. The average molecular weight is 1270 g/mol. The first kappa shape index (κ1) is 70.0. The van der Waals surface area contributed by atoms with E-state index in [1.54, 1.807) is 49.4 Å². The number of aryl methyl sites for hydroxylation is 1. The molecule has 20 nitrogen and oxygen atoms in total. The number of carbonyl (C=O) groups is 4. The van der Waals surface area contributed by atoms with Crippen LogP contribution in [0, 0.1) is 38.7 Å². The summed E-state index contributed by atoms with van der Waals surface area (Å²) in [7, 11) is -3.75. The highest BCUT2D eigenvalue weighted by Crippen LogP contribution is 2.32. The van der Waals surface area contributed by atoms with Gasteiger partial charge in [-0.1, -0.05) is 42.5 Å². The second kappa shape index (κ2) is 35.8. The predicted octanol–water partition coefficient (Wildman–Crippen LogP) is 8.43. The molecule has 2 unspecified atom stereocenters. The Labute approximate surface area is 518 Å². The van der Waals surface area contributed by atoms with Gasteiger partial charge in [-0.2, -0.15) is 18.4 Å². The maximum absolute atomic E-state index is 13.8. The standard InChI is InChI=1S/C64H69F3N6O14S2/c1-44-9-5-11-50(39-44)72-46(3)59(89(81)54-22-17-49(69-4)18-23-54)42-56(63(72)79)61(77)71-26-30-85-34-38-87-37-33-84-29-25-70-60(76)24-19-52(74)13-7-27-82-31-35-86-36-32-83-28-8-14-57(75)55-41-58(88(80)53-20-15-47(43-68)16-21-53)45(2)73(62(55)78)51-12-6-10-48(40-51)64(65,66)67/h5-6,9-12,15-18,20-23,39-42H,7-8,13-14,19,24-38H2,1-3H3,(H,70,76)(H,71,77). The normalized spacial score (nSPS) is 12.0. The van der Waals surface area contributed by atoms with Crippen molar-refractivity contribution in [3.8, 4) is 17.4 Å². The summed E-state index contributed by atoms with van der Waals surface area (Å²) in [4.78, 5) is 83.4. The summed E-state index contributed by atoms with van der Waals surface area (Å²) in [6.07, 6.45) is -3.84. The third-order valence-electron chi connectivity index (χ3n) is 13.5. The van der Waals surface area contributed by atoms with E-state index in [1.165, 1.54) is 54.0 Å². The topological polar surface area (TPSA) is 254 Å². The van der Waals surface area contributed by atoms with Gasteiger partial charge in [0, 0.05) is 84.5 Å². The van der Waals surface area contributed by atoms with Crippen molar-refractivity contribution in [2.75, 3.05) is 92.4 Å². The molecule has 0 aliphatic rings. The lowest BCUT2D eigenvalue weighted by Crippen LogP contribution is -2.35. The molecule has 0 radical (unpaired) electrons. The maximum Gasteiger partial charge on any atom is 0.416 e. The van der Waals surface area contributed by atoms with Crippen molar-refractivity contribution in [3.05, 3.63) is 181 Å². The number of nitriles is 1. The van der Waals surface area contributed by atoms with Crippen LogP contribution in [0.1, 0.15) is 87.3 Å². The molecular formula is C64H69F3N6O14S2. The molecular weight excluding hydrogens is 1200 g/mol. The summed E-state index contributed by atoms with van der Waals surface area (Å²) in [5, 5.41) is 14.6. The summed E-state index contributed by atoms with van der Waals surface area (Å²) >= 11 is 0. The SMILES string of the molecule is [C-]#[N+]c1ccc(S(=O)c2cc(C(=O)NCCOCCOCCOCCNC(=O)CCC(=O)CCCOCCOCCOCCCC(=O)c3cc(S(=O)c4ccc(C#N)cc4)c(C)n(-c4cccc(C(F)(F)F)c4)c3=O)c(=O)n(-c3cccc(C)c3)c2C)cc1. The number of hydrogen-bond acceptors (Lipinski definition) is 15. The predicted molar refractivity (Wildman–Crippen MR) is 324 cm³/mol. The van der Waals surface area contributed by atoms with Crippen molar-refractivity contribution >= 4 is 50.7 Å². The minimum atomic E-state index is -4.71. The lowest BCUT2D eigenvalue weighted by molar-refractivity contribution is -0.137. The molecule has 25 heteroatoms. The first-order chi connectivity index (χ1) is 42.8. The number of halogens is 3. The Morgan fingerprint density at radius 3 is 1.57 bits per heavy atom. The number of pyridine rings is 2. The van der Waals surface area contributed by atoms with E-state index in [2.05, 4.69) is 15.5 Å². The molecule has 4 aromatic carbocycles. The van der Waals surface area contributed by atoms with Crippen LogP contribution >= 0.6 is 0 Å². The summed E-state index contributed by atoms with van der Waals surface area (Å²) in [6.45, 7) is 15.3. The first-order valence-corrected chi connectivity index (χ1v) is 30.8. The van der Waals surface area contributed by atoms with Gasteiger partial charge in [0.25, 0.3) is 17.0 Å². The molecule has 0 saturated carbocycles. The second-order valence-electron chi connectivity index (χ2n) is 19.9. The lowest BCUT2D eigenvalue weighted by Gasteiger charge is -2.17. The van der Waals surface area contributed by atoms with Gasteiger partial charge in [0.05, 0.1) is 127 Å². The van der Waals surface area contributed by atoms with Crippen LogP contribution in [-0.2, 0) is 65.8 Å². The van der Waals surface area contributed by atoms with Crippen LogP contribution in [0.3, 0.4) is 0 Å². The number of nitrogens with one attached hydrogen (secondary N) is 2. The van der Waals surface area contributed by atoms with E-state index >= 15 is 0 Å². The van der Waals surface area contributed by atoms with Crippen LogP contribution in [0.5, 0.6) is 0 Å². The van der Waals surface area contributed by atoms with Gasteiger partial charge in [-0.15, -0.1) is 0 Å². The Hall–Kier alpha value is -8.11. The molecule has 472 valence electrons. The number of nitrogens with zero attached hydrogens (tertiary/aromatic N) is 4.